The van der Waals surface area contributed by atoms with Crippen LogP contribution in [0.1, 0.15) is 33.6 Å². The Morgan fingerprint density at radius 1 is 1.33 bits per heavy atom. The molecule has 18 heavy (non-hydrogen) atoms. The minimum absolute atomic E-state index is 0.0353. The number of carbonyl (C=O) groups excluding carboxylic acids is 2. The molecular formula is C12H20N2O4. The highest BCUT2D eigenvalue weighted by molar-refractivity contribution is 5.91. The molecule has 1 aliphatic heterocycles. The highest BCUT2D eigenvalue weighted by Gasteiger charge is 2.35. The number of hydrogen-bond donors (Lipinski definition) is 2. The summed E-state index contributed by atoms with van der Waals surface area (Å²) in [6.45, 7) is 5.67. The second-order valence-electron chi connectivity index (χ2n) is 4.95. The fourth-order valence-corrected chi connectivity index (χ4v) is 2.13. The smallest absolute Gasteiger partial charge is 0.325 e. The van der Waals surface area contributed by atoms with Gasteiger partial charge in [0.2, 0.25) is 11.8 Å². The summed E-state index contributed by atoms with van der Waals surface area (Å²) in [6, 6.07) is -1.53. The van der Waals surface area contributed by atoms with Crippen LogP contribution in [-0.2, 0) is 14.4 Å². The first-order chi connectivity index (χ1) is 8.34. The summed E-state index contributed by atoms with van der Waals surface area (Å²) < 4.78 is 0. The van der Waals surface area contributed by atoms with Crippen molar-refractivity contribution in [2.75, 3.05) is 6.54 Å². The lowest BCUT2D eigenvalue weighted by Crippen LogP contribution is -2.53. The number of aliphatic carboxylic acids is 1. The number of carboxylic acid groups (broad SMARTS) is 1. The maximum Gasteiger partial charge on any atom is 0.325 e. The second kappa shape index (κ2) is 5.84. The lowest BCUT2D eigenvalue weighted by Gasteiger charge is -2.30. The van der Waals surface area contributed by atoms with E-state index in [-0.39, 0.29) is 11.8 Å². The molecule has 0 aromatic heterocycles. The third kappa shape index (κ3) is 3.21. The van der Waals surface area contributed by atoms with Crippen LogP contribution in [-0.4, -0.2) is 46.4 Å². The van der Waals surface area contributed by atoms with Crippen molar-refractivity contribution >= 4 is 17.8 Å². The third-order valence-electron chi connectivity index (χ3n) is 3.08. The first-order valence-electron chi connectivity index (χ1n) is 6.17. The normalized spacial score (nSPS) is 18.9. The molecular weight excluding hydrogens is 236 g/mol. The average Bonchev–Trinajstić information content (AvgIpc) is 2.64. The van der Waals surface area contributed by atoms with Crippen LogP contribution in [0.5, 0.6) is 0 Å². The number of amides is 2. The largest absolute Gasteiger partial charge is 0.480 e. The van der Waals surface area contributed by atoms with E-state index in [1.54, 1.807) is 4.90 Å². The standard InChI is InChI=1S/C12H20N2O4/c1-7(2)10(14-6-4-5-9(14)15)11(16)13-8(3)12(17)18/h7-8,10H,4-6H2,1-3H3,(H,13,16)(H,17,18)/t8-,10?/m0/s1. The Bertz CT molecular complexity index is 354. The van der Waals surface area contributed by atoms with E-state index in [2.05, 4.69) is 5.32 Å². The molecule has 2 atom stereocenters. The summed E-state index contributed by atoms with van der Waals surface area (Å²) in [5.74, 6) is -1.56. The Labute approximate surface area is 106 Å². The predicted octanol–water partition coefficient (Wildman–Crippen LogP) is 0.223. The minimum atomic E-state index is -1.08. The highest BCUT2D eigenvalue weighted by Crippen LogP contribution is 2.19. The molecule has 0 aliphatic carbocycles. The summed E-state index contributed by atoms with van der Waals surface area (Å²) in [4.78, 5) is 36.0. The van der Waals surface area contributed by atoms with Crippen molar-refractivity contribution < 1.29 is 19.5 Å². The Morgan fingerprint density at radius 2 is 1.94 bits per heavy atom. The van der Waals surface area contributed by atoms with Crippen molar-refractivity contribution in [3.8, 4) is 0 Å². The van der Waals surface area contributed by atoms with Gasteiger partial charge in [0.25, 0.3) is 0 Å². The van der Waals surface area contributed by atoms with Gasteiger partial charge in [-0.2, -0.15) is 0 Å². The zero-order valence-corrected chi connectivity index (χ0v) is 11.0. The number of rotatable bonds is 5. The third-order valence-corrected chi connectivity index (χ3v) is 3.08. The molecule has 6 heteroatoms. The predicted molar refractivity (Wildman–Crippen MR) is 64.8 cm³/mol. The summed E-state index contributed by atoms with van der Waals surface area (Å²) in [5, 5.41) is 11.2. The molecule has 2 amide bonds. The Kier molecular flexibility index (Phi) is 4.69. The maximum atomic E-state index is 12.1. The van der Waals surface area contributed by atoms with E-state index in [0.29, 0.717) is 13.0 Å². The molecule has 1 heterocycles. The van der Waals surface area contributed by atoms with Gasteiger partial charge < -0.3 is 15.3 Å². The van der Waals surface area contributed by atoms with Crippen LogP contribution < -0.4 is 5.32 Å². The second-order valence-corrected chi connectivity index (χ2v) is 4.95. The monoisotopic (exact) mass is 256 g/mol. The van der Waals surface area contributed by atoms with E-state index >= 15 is 0 Å². The van der Waals surface area contributed by atoms with Crippen LogP contribution in [0.4, 0.5) is 0 Å². The van der Waals surface area contributed by atoms with Gasteiger partial charge in [-0.1, -0.05) is 13.8 Å². The van der Waals surface area contributed by atoms with Crippen LogP contribution in [0.2, 0.25) is 0 Å². The van der Waals surface area contributed by atoms with E-state index in [0.717, 1.165) is 6.42 Å². The van der Waals surface area contributed by atoms with Crippen molar-refractivity contribution in [2.45, 2.75) is 45.7 Å². The van der Waals surface area contributed by atoms with E-state index < -0.39 is 24.0 Å². The van der Waals surface area contributed by atoms with Crippen molar-refractivity contribution in [3.05, 3.63) is 0 Å². The van der Waals surface area contributed by atoms with Gasteiger partial charge in [0.15, 0.2) is 0 Å². The fourth-order valence-electron chi connectivity index (χ4n) is 2.13. The van der Waals surface area contributed by atoms with Gasteiger partial charge >= 0.3 is 5.97 Å². The molecule has 1 rings (SSSR count). The van der Waals surface area contributed by atoms with Crippen molar-refractivity contribution in [1.82, 2.24) is 10.2 Å². The summed E-state index contributed by atoms with van der Waals surface area (Å²) in [5.41, 5.74) is 0. The summed E-state index contributed by atoms with van der Waals surface area (Å²) in [7, 11) is 0. The molecule has 0 spiro atoms. The van der Waals surface area contributed by atoms with Gasteiger partial charge in [-0.25, -0.2) is 0 Å². The number of carbonyl (C=O) groups is 3. The van der Waals surface area contributed by atoms with Crippen molar-refractivity contribution in [3.63, 3.8) is 0 Å². The first-order valence-corrected chi connectivity index (χ1v) is 6.17. The number of carboxylic acids is 1. The van der Waals surface area contributed by atoms with Gasteiger partial charge in [-0.15, -0.1) is 0 Å². The molecule has 102 valence electrons. The zero-order valence-electron chi connectivity index (χ0n) is 11.0. The molecule has 1 fully saturated rings. The molecule has 0 bridgehead atoms. The molecule has 0 radical (unpaired) electrons. The lowest BCUT2D eigenvalue weighted by molar-refractivity contribution is -0.144. The number of nitrogens with one attached hydrogen (secondary N) is 1. The van der Waals surface area contributed by atoms with Crippen LogP contribution in [0.25, 0.3) is 0 Å². The Morgan fingerprint density at radius 3 is 2.33 bits per heavy atom. The minimum Gasteiger partial charge on any atom is -0.480 e. The average molecular weight is 256 g/mol. The molecule has 0 aromatic carbocycles. The topological polar surface area (TPSA) is 86.7 Å². The van der Waals surface area contributed by atoms with Gasteiger partial charge in [-0.05, 0) is 19.3 Å². The van der Waals surface area contributed by atoms with Crippen molar-refractivity contribution in [1.29, 1.82) is 0 Å². The summed E-state index contributed by atoms with van der Waals surface area (Å²) >= 11 is 0. The van der Waals surface area contributed by atoms with E-state index in [9.17, 15) is 14.4 Å². The summed E-state index contributed by atoms with van der Waals surface area (Å²) in [6.07, 6.45) is 1.22. The molecule has 1 aliphatic rings. The van der Waals surface area contributed by atoms with Gasteiger partial charge in [0.1, 0.15) is 12.1 Å². The first kappa shape index (κ1) is 14.5. The maximum absolute atomic E-state index is 12.1. The van der Waals surface area contributed by atoms with Crippen LogP contribution in [0.15, 0.2) is 0 Å². The fraction of sp³-hybridized carbons (Fsp3) is 0.750. The van der Waals surface area contributed by atoms with E-state index in [1.165, 1.54) is 6.92 Å². The van der Waals surface area contributed by atoms with E-state index in [4.69, 9.17) is 5.11 Å². The van der Waals surface area contributed by atoms with Crippen LogP contribution >= 0.6 is 0 Å². The molecule has 2 N–H and O–H groups in total. The van der Waals surface area contributed by atoms with Crippen LogP contribution in [0.3, 0.4) is 0 Å². The molecule has 0 saturated carbocycles. The number of likely N-dealkylation sites (tertiary alicyclic amines) is 1. The Hall–Kier alpha value is -1.59. The SMILES string of the molecule is CC(C)C(C(=O)N[C@@H](C)C(=O)O)N1CCCC1=O. The zero-order chi connectivity index (χ0) is 13.9. The molecule has 1 saturated heterocycles. The number of nitrogens with zero attached hydrogens (tertiary/aromatic N) is 1. The quantitative estimate of drug-likeness (QED) is 0.737. The van der Waals surface area contributed by atoms with Gasteiger partial charge in [-0.3, -0.25) is 14.4 Å². The molecule has 0 aromatic rings. The highest BCUT2D eigenvalue weighted by atomic mass is 16.4. The molecule has 1 unspecified atom stereocenters. The molecule has 6 nitrogen and oxygen atoms in total. The van der Waals surface area contributed by atoms with E-state index in [1.807, 2.05) is 13.8 Å². The number of hydrogen-bond acceptors (Lipinski definition) is 3. The van der Waals surface area contributed by atoms with Gasteiger partial charge in [0.05, 0.1) is 0 Å². The Balaban J connectivity index is 2.76. The van der Waals surface area contributed by atoms with Crippen molar-refractivity contribution in [2.24, 2.45) is 5.92 Å². The van der Waals surface area contributed by atoms with Crippen LogP contribution in [0, 0.1) is 5.92 Å². The lowest BCUT2D eigenvalue weighted by atomic mass is 10.0. The van der Waals surface area contributed by atoms with Gasteiger partial charge in [0, 0.05) is 13.0 Å².